The summed E-state index contributed by atoms with van der Waals surface area (Å²) in [4.78, 5) is 28.4. The van der Waals surface area contributed by atoms with Crippen molar-refractivity contribution in [1.82, 2.24) is 9.88 Å². The van der Waals surface area contributed by atoms with Crippen molar-refractivity contribution in [3.05, 3.63) is 36.0 Å². The van der Waals surface area contributed by atoms with Gasteiger partial charge in [0.2, 0.25) is 0 Å². The Balaban J connectivity index is 1.92. The van der Waals surface area contributed by atoms with Crippen LogP contribution in [0.5, 0.6) is 0 Å². The lowest BCUT2D eigenvalue weighted by Crippen LogP contribution is -2.34. The van der Waals surface area contributed by atoms with Gasteiger partial charge in [-0.3, -0.25) is 9.59 Å². The average Bonchev–Trinajstić information content (AvgIpc) is 2.90. The van der Waals surface area contributed by atoms with Crippen LogP contribution in [0.25, 0.3) is 10.9 Å². The summed E-state index contributed by atoms with van der Waals surface area (Å²) in [5, 5.41) is 1.00. The summed E-state index contributed by atoms with van der Waals surface area (Å²) in [6.45, 7) is 4.85. The van der Waals surface area contributed by atoms with Crippen LogP contribution in [0.2, 0.25) is 0 Å². The van der Waals surface area contributed by atoms with Crippen molar-refractivity contribution >= 4 is 22.8 Å². The Morgan fingerprint density at radius 3 is 2.62 bits per heavy atom. The number of para-hydroxylation sites is 1. The van der Waals surface area contributed by atoms with E-state index in [9.17, 15) is 9.59 Å². The average molecular weight is 288 g/mol. The van der Waals surface area contributed by atoms with Crippen molar-refractivity contribution in [3.63, 3.8) is 0 Å². The number of nitrogens with zero attached hydrogens (tertiary/aromatic N) is 1. The van der Waals surface area contributed by atoms with Gasteiger partial charge in [0.25, 0.3) is 5.91 Å². The monoisotopic (exact) mass is 288 g/mol. The molecule has 0 atom stereocenters. The number of ether oxygens (including phenoxy) is 1. The fourth-order valence-electron chi connectivity index (χ4n) is 2.29. The lowest BCUT2D eigenvalue weighted by Gasteiger charge is -2.18. The van der Waals surface area contributed by atoms with Gasteiger partial charge in [-0.05, 0) is 25.5 Å². The van der Waals surface area contributed by atoms with Crippen molar-refractivity contribution in [2.24, 2.45) is 0 Å². The van der Waals surface area contributed by atoms with Crippen LogP contribution in [0.1, 0.15) is 19.4 Å². The zero-order valence-electron chi connectivity index (χ0n) is 12.4. The Morgan fingerprint density at radius 1 is 1.19 bits per heavy atom. The molecule has 5 heteroatoms. The zero-order chi connectivity index (χ0) is 15.2. The largest absolute Gasteiger partial charge is 0.455 e. The van der Waals surface area contributed by atoms with Gasteiger partial charge in [0, 0.05) is 30.2 Å². The molecule has 1 amide bonds. The van der Waals surface area contributed by atoms with Gasteiger partial charge in [-0.2, -0.15) is 0 Å². The molecular weight excluding hydrogens is 268 g/mol. The predicted molar refractivity (Wildman–Crippen MR) is 80.9 cm³/mol. The number of aromatic nitrogens is 1. The lowest BCUT2D eigenvalue weighted by atomic mass is 10.1. The standard InChI is InChI=1S/C16H20N2O3/c1-3-18(4-2)15(19)11-21-16(20)9-12-10-17-14-8-6-5-7-13(12)14/h5-8,10,17H,3-4,9,11H2,1-2H3. The number of esters is 1. The first-order valence-corrected chi connectivity index (χ1v) is 7.14. The molecule has 0 unspecified atom stereocenters. The predicted octanol–water partition coefficient (Wildman–Crippen LogP) is 2.12. The number of hydrogen-bond donors (Lipinski definition) is 1. The fraction of sp³-hybridized carbons (Fsp3) is 0.375. The van der Waals surface area contributed by atoms with E-state index in [1.807, 2.05) is 38.1 Å². The van der Waals surface area contributed by atoms with Crippen LogP contribution >= 0.6 is 0 Å². The Kier molecular flexibility index (Phi) is 4.98. The highest BCUT2D eigenvalue weighted by Gasteiger charge is 2.14. The number of carbonyl (C=O) groups excluding carboxylic acids is 2. The lowest BCUT2D eigenvalue weighted by molar-refractivity contribution is -0.151. The third-order valence-electron chi connectivity index (χ3n) is 3.48. The molecule has 0 aliphatic heterocycles. The third-order valence-corrected chi connectivity index (χ3v) is 3.48. The highest BCUT2D eigenvalue weighted by atomic mass is 16.5. The van der Waals surface area contributed by atoms with Crippen molar-refractivity contribution in [1.29, 1.82) is 0 Å². The maximum absolute atomic E-state index is 11.9. The number of nitrogens with one attached hydrogen (secondary N) is 1. The number of likely N-dealkylation sites (N-methyl/N-ethyl adjacent to an activating group) is 1. The number of fused-ring (bicyclic) bond motifs is 1. The van der Waals surface area contributed by atoms with E-state index in [0.29, 0.717) is 13.1 Å². The molecule has 2 rings (SSSR count). The molecule has 0 spiro atoms. The summed E-state index contributed by atoms with van der Waals surface area (Å²) in [6.07, 6.45) is 1.97. The van der Waals surface area contributed by atoms with Crippen molar-refractivity contribution in [2.45, 2.75) is 20.3 Å². The number of aromatic amines is 1. The first-order valence-electron chi connectivity index (χ1n) is 7.14. The Morgan fingerprint density at radius 2 is 1.90 bits per heavy atom. The summed E-state index contributed by atoms with van der Waals surface area (Å²) in [7, 11) is 0. The second-order valence-electron chi connectivity index (χ2n) is 4.76. The number of H-pyrrole nitrogens is 1. The van der Waals surface area contributed by atoms with Crippen LogP contribution < -0.4 is 0 Å². The van der Waals surface area contributed by atoms with Crippen LogP contribution in [-0.2, 0) is 20.7 Å². The van der Waals surface area contributed by atoms with Crippen molar-refractivity contribution in [3.8, 4) is 0 Å². The maximum atomic E-state index is 11.9. The summed E-state index contributed by atoms with van der Waals surface area (Å²) >= 11 is 0. The molecule has 1 aromatic heterocycles. The molecule has 0 saturated carbocycles. The van der Waals surface area contributed by atoms with Gasteiger partial charge in [-0.1, -0.05) is 18.2 Å². The molecule has 1 N–H and O–H groups in total. The minimum absolute atomic E-state index is 0.160. The molecule has 1 aromatic carbocycles. The summed E-state index contributed by atoms with van der Waals surface area (Å²) in [5.74, 6) is -0.549. The topological polar surface area (TPSA) is 62.4 Å². The first-order chi connectivity index (χ1) is 10.2. The molecule has 0 aliphatic rings. The van der Waals surface area contributed by atoms with E-state index >= 15 is 0 Å². The van der Waals surface area contributed by atoms with Crippen LogP contribution in [0.4, 0.5) is 0 Å². The van der Waals surface area contributed by atoms with Gasteiger partial charge >= 0.3 is 5.97 Å². The number of amides is 1. The van der Waals surface area contributed by atoms with Crippen LogP contribution in [-0.4, -0.2) is 41.5 Å². The van der Waals surface area contributed by atoms with Crippen molar-refractivity contribution in [2.75, 3.05) is 19.7 Å². The van der Waals surface area contributed by atoms with E-state index in [4.69, 9.17) is 4.74 Å². The van der Waals surface area contributed by atoms with E-state index < -0.39 is 0 Å². The Labute approximate surface area is 123 Å². The molecular formula is C16H20N2O3. The summed E-state index contributed by atoms with van der Waals surface area (Å²) < 4.78 is 5.07. The molecule has 0 aliphatic carbocycles. The SMILES string of the molecule is CCN(CC)C(=O)COC(=O)Cc1c[nH]c2ccccc12. The van der Waals surface area contributed by atoms with Crippen LogP contribution in [0, 0.1) is 0 Å². The molecule has 1 heterocycles. The van der Waals surface area contributed by atoms with E-state index in [2.05, 4.69) is 4.98 Å². The second kappa shape index (κ2) is 6.92. The van der Waals surface area contributed by atoms with Gasteiger partial charge in [-0.15, -0.1) is 0 Å². The molecule has 112 valence electrons. The third kappa shape index (κ3) is 3.62. The molecule has 0 radical (unpaired) electrons. The molecule has 0 bridgehead atoms. The Hall–Kier alpha value is -2.30. The number of rotatable bonds is 6. The van der Waals surface area contributed by atoms with Gasteiger partial charge in [0.15, 0.2) is 6.61 Å². The number of benzene rings is 1. The number of carbonyl (C=O) groups is 2. The van der Waals surface area contributed by atoms with Gasteiger partial charge in [0.1, 0.15) is 0 Å². The fourth-order valence-corrected chi connectivity index (χ4v) is 2.29. The molecule has 0 fully saturated rings. The molecule has 21 heavy (non-hydrogen) atoms. The smallest absolute Gasteiger partial charge is 0.310 e. The zero-order valence-corrected chi connectivity index (χ0v) is 12.4. The van der Waals surface area contributed by atoms with Gasteiger partial charge in [-0.25, -0.2) is 0 Å². The molecule has 5 nitrogen and oxygen atoms in total. The van der Waals surface area contributed by atoms with Crippen molar-refractivity contribution < 1.29 is 14.3 Å². The Bertz CT molecular complexity index is 629. The van der Waals surface area contributed by atoms with E-state index in [0.717, 1.165) is 16.5 Å². The van der Waals surface area contributed by atoms with Gasteiger partial charge in [0.05, 0.1) is 6.42 Å². The normalized spacial score (nSPS) is 10.6. The minimum Gasteiger partial charge on any atom is -0.455 e. The van der Waals surface area contributed by atoms with Crippen LogP contribution in [0.3, 0.4) is 0 Å². The van der Waals surface area contributed by atoms with E-state index in [1.54, 1.807) is 11.1 Å². The van der Waals surface area contributed by atoms with E-state index in [-0.39, 0.29) is 24.9 Å². The first kappa shape index (κ1) is 15.1. The van der Waals surface area contributed by atoms with Crippen LogP contribution in [0.15, 0.2) is 30.5 Å². The highest BCUT2D eigenvalue weighted by Crippen LogP contribution is 2.18. The van der Waals surface area contributed by atoms with Gasteiger partial charge < -0.3 is 14.6 Å². The van der Waals surface area contributed by atoms with E-state index in [1.165, 1.54) is 0 Å². The minimum atomic E-state index is -0.389. The highest BCUT2D eigenvalue weighted by molar-refractivity contribution is 5.88. The second-order valence-corrected chi connectivity index (χ2v) is 4.76. The maximum Gasteiger partial charge on any atom is 0.310 e. The quantitative estimate of drug-likeness (QED) is 0.828. The molecule has 2 aromatic rings. The summed E-state index contributed by atoms with van der Waals surface area (Å²) in [5.41, 5.74) is 1.87. The molecule has 0 saturated heterocycles. The number of hydrogen-bond acceptors (Lipinski definition) is 3. The summed E-state index contributed by atoms with van der Waals surface area (Å²) in [6, 6.07) is 7.77.